The molecule has 304 valence electrons. The van der Waals surface area contributed by atoms with E-state index >= 15 is 0 Å². The predicted octanol–water partition coefficient (Wildman–Crippen LogP) is 9.09. The van der Waals surface area contributed by atoms with Gasteiger partial charge < -0.3 is 31.9 Å². The van der Waals surface area contributed by atoms with Gasteiger partial charge >= 0.3 is 0 Å². The topological polar surface area (TPSA) is 72.2 Å². The monoisotopic (exact) mass is 743 g/mol. The second-order valence-corrected chi connectivity index (χ2v) is 16.8. The minimum Gasteiger partial charge on any atom is -0.317 e. The molecule has 1 unspecified atom stereocenters. The molecule has 0 fully saturated rings. The largest absolute Gasteiger partial charge is 0.317 e. The molecule has 6 heteroatoms. The van der Waals surface area contributed by atoms with Crippen LogP contribution < -0.4 is 31.9 Å². The van der Waals surface area contributed by atoms with E-state index in [2.05, 4.69) is 141 Å². The van der Waals surface area contributed by atoms with Gasteiger partial charge in [-0.05, 0) is 154 Å². The highest BCUT2D eigenvalue weighted by Gasteiger charge is 2.20. The first kappa shape index (κ1) is 46.1. The van der Waals surface area contributed by atoms with Gasteiger partial charge in [0.1, 0.15) is 0 Å². The minimum absolute atomic E-state index is 0.0813. The molecule has 54 heavy (non-hydrogen) atoms. The minimum atomic E-state index is 0.0813. The Balaban J connectivity index is 1.43. The highest BCUT2D eigenvalue weighted by Crippen LogP contribution is 2.35. The maximum atomic E-state index is 3.71. The summed E-state index contributed by atoms with van der Waals surface area (Å²) in [5, 5.41) is 21.9. The zero-order valence-electron chi connectivity index (χ0n) is 35.9. The zero-order chi connectivity index (χ0) is 38.9. The van der Waals surface area contributed by atoms with Gasteiger partial charge in [0.15, 0.2) is 0 Å². The molecule has 0 bridgehead atoms. The van der Waals surface area contributed by atoms with Crippen LogP contribution in [0.3, 0.4) is 0 Å². The summed E-state index contributed by atoms with van der Waals surface area (Å²) in [6.07, 6.45) is 18.1. The van der Waals surface area contributed by atoms with Gasteiger partial charge in [-0.15, -0.1) is 0 Å². The van der Waals surface area contributed by atoms with Crippen LogP contribution in [0.15, 0.2) is 66.3 Å². The lowest BCUT2D eigenvalue weighted by Crippen LogP contribution is -2.27. The Kier molecular flexibility index (Phi) is 23.3. The molecule has 0 heterocycles. The summed E-state index contributed by atoms with van der Waals surface area (Å²) < 4.78 is 0. The third kappa shape index (κ3) is 18.5. The van der Waals surface area contributed by atoms with E-state index in [1.165, 1.54) is 71.9 Å². The Bertz CT molecular complexity index is 1320. The molecule has 0 amide bonds. The number of allylic oxidation sites excluding steroid dienone is 2. The van der Waals surface area contributed by atoms with E-state index in [9.17, 15) is 0 Å². The van der Waals surface area contributed by atoms with Crippen LogP contribution in [0.5, 0.6) is 0 Å². The first-order valence-corrected chi connectivity index (χ1v) is 22.1. The molecule has 0 aliphatic heterocycles. The van der Waals surface area contributed by atoms with Crippen LogP contribution in [0.2, 0.25) is 0 Å². The van der Waals surface area contributed by atoms with E-state index in [1.807, 2.05) is 0 Å². The second-order valence-electron chi connectivity index (χ2n) is 16.8. The van der Waals surface area contributed by atoms with Crippen LogP contribution in [0.4, 0.5) is 0 Å². The van der Waals surface area contributed by atoms with Crippen molar-refractivity contribution in [1.29, 1.82) is 0 Å². The quantitative estimate of drug-likeness (QED) is 0.0449. The standard InChI is InChI=1S/C48H82N6/c1-8-39(9-2)35-51-26-14-22-49-24-16-28-53-37-41-18-12-20-43(30-41)45-32-46(34-47(33-45)48(5,6)7)44-21-13-19-42(31-44)38-54-29-17-25-50-23-15-27-52-36-40(10-3)11-4/h12-13,18-20,30-34,39-40,44,49-54H,8-11,14-17,21-29,35-38H2,1-7H3. The smallest absolute Gasteiger partial charge is 0.0205 e. The zero-order valence-corrected chi connectivity index (χ0v) is 35.9. The van der Waals surface area contributed by atoms with Crippen molar-refractivity contribution in [1.82, 2.24) is 31.9 Å². The van der Waals surface area contributed by atoms with E-state index < -0.39 is 0 Å². The van der Waals surface area contributed by atoms with Crippen LogP contribution in [-0.2, 0) is 12.0 Å². The average Bonchev–Trinajstić information content (AvgIpc) is 3.18. The molecule has 2 aromatic rings. The fourth-order valence-electron chi connectivity index (χ4n) is 7.26. The predicted molar refractivity (Wildman–Crippen MR) is 238 cm³/mol. The van der Waals surface area contributed by atoms with Crippen LogP contribution >= 0.6 is 0 Å². The molecule has 3 rings (SSSR count). The van der Waals surface area contributed by atoms with Gasteiger partial charge in [-0.25, -0.2) is 0 Å². The lowest BCUT2D eigenvalue weighted by atomic mass is 9.80. The van der Waals surface area contributed by atoms with Gasteiger partial charge in [-0.2, -0.15) is 0 Å². The maximum Gasteiger partial charge on any atom is 0.0205 e. The molecule has 0 saturated carbocycles. The SMILES string of the molecule is CCC(CC)CNCCCNCCCNCC1=CC(c2cc(-c3cccc(CNCCCNCCCNCC(CC)CC)c3)cc(C(C)(C)C)c2)CC=C1. The Morgan fingerprint density at radius 1 is 0.593 bits per heavy atom. The summed E-state index contributed by atoms with van der Waals surface area (Å²) in [5.41, 5.74) is 8.30. The fraction of sp³-hybridized carbons (Fsp3) is 0.667. The van der Waals surface area contributed by atoms with Gasteiger partial charge in [0.2, 0.25) is 0 Å². The average molecular weight is 743 g/mol. The molecule has 0 radical (unpaired) electrons. The van der Waals surface area contributed by atoms with E-state index in [0.29, 0.717) is 5.92 Å². The Labute approximate surface area is 333 Å². The lowest BCUT2D eigenvalue weighted by molar-refractivity contribution is 0.445. The van der Waals surface area contributed by atoms with Crippen molar-refractivity contribution < 1.29 is 0 Å². The Morgan fingerprint density at radius 3 is 1.69 bits per heavy atom. The molecule has 6 N–H and O–H groups in total. The molecule has 1 aliphatic rings. The summed E-state index contributed by atoms with van der Waals surface area (Å²) in [6, 6.07) is 16.5. The first-order chi connectivity index (χ1) is 26.3. The van der Waals surface area contributed by atoms with Gasteiger partial charge in [-0.3, -0.25) is 0 Å². The first-order valence-electron chi connectivity index (χ1n) is 22.1. The van der Waals surface area contributed by atoms with Gasteiger partial charge in [0.05, 0.1) is 0 Å². The van der Waals surface area contributed by atoms with Gasteiger partial charge in [0, 0.05) is 19.0 Å². The Hall–Kier alpha value is -2.32. The highest BCUT2D eigenvalue weighted by atomic mass is 14.9. The normalized spacial score (nSPS) is 14.8. The number of benzene rings is 2. The van der Waals surface area contributed by atoms with Crippen molar-refractivity contribution in [3.63, 3.8) is 0 Å². The molecule has 0 spiro atoms. The van der Waals surface area contributed by atoms with Crippen LogP contribution in [-0.4, -0.2) is 72.0 Å². The summed E-state index contributed by atoms with van der Waals surface area (Å²) >= 11 is 0. The van der Waals surface area contributed by atoms with Crippen molar-refractivity contribution in [2.75, 3.05) is 72.0 Å². The van der Waals surface area contributed by atoms with Gasteiger partial charge in [0.25, 0.3) is 0 Å². The number of hydrogen-bond donors (Lipinski definition) is 6. The van der Waals surface area contributed by atoms with E-state index in [0.717, 1.165) is 110 Å². The summed E-state index contributed by atoms with van der Waals surface area (Å²) in [4.78, 5) is 0. The fourth-order valence-corrected chi connectivity index (χ4v) is 7.26. The molecule has 6 nitrogen and oxygen atoms in total. The van der Waals surface area contributed by atoms with Crippen molar-refractivity contribution >= 4 is 0 Å². The van der Waals surface area contributed by atoms with E-state index in [-0.39, 0.29) is 5.41 Å². The molecule has 0 aromatic heterocycles. The Morgan fingerprint density at radius 2 is 1.13 bits per heavy atom. The molecule has 1 aliphatic carbocycles. The van der Waals surface area contributed by atoms with Crippen molar-refractivity contribution in [3.8, 4) is 11.1 Å². The summed E-state index contributed by atoms with van der Waals surface area (Å²) in [7, 11) is 0. The lowest BCUT2D eigenvalue weighted by Gasteiger charge is -2.25. The van der Waals surface area contributed by atoms with Crippen LogP contribution in [0, 0.1) is 11.8 Å². The van der Waals surface area contributed by atoms with Crippen LogP contribution in [0.25, 0.3) is 11.1 Å². The molecule has 0 saturated heterocycles. The second kappa shape index (κ2) is 27.3. The molecular weight excluding hydrogens is 661 g/mol. The van der Waals surface area contributed by atoms with Crippen molar-refractivity contribution in [3.05, 3.63) is 83.0 Å². The maximum absolute atomic E-state index is 3.71. The summed E-state index contributed by atoms with van der Waals surface area (Å²) in [5.74, 6) is 2.05. The van der Waals surface area contributed by atoms with Crippen molar-refractivity contribution in [2.24, 2.45) is 11.8 Å². The van der Waals surface area contributed by atoms with Crippen LogP contribution in [0.1, 0.15) is 129 Å². The highest BCUT2D eigenvalue weighted by molar-refractivity contribution is 5.67. The van der Waals surface area contributed by atoms with E-state index in [4.69, 9.17) is 0 Å². The van der Waals surface area contributed by atoms with E-state index in [1.54, 1.807) is 0 Å². The number of hydrogen-bond acceptors (Lipinski definition) is 6. The third-order valence-electron chi connectivity index (χ3n) is 11.3. The van der Waals surface area contributed by atoms with Crippen molar-refractivity contribution in [2.45, 2.75) is 124 Å². The summed E-state index contributed by atoms with van der Waals surface area (Å²) in [6.45, 7) is 29.0. The molecule has 1 atom stereocenters. The molecule has 2 aromatic carbocycles. The number of rotatable bonds is 30. The molecular formula is C48H82N6. The third-order valence-corrected chi connectivity index (χ3v) is 11.3. The van der Waals surface area contributed by atoms with Gasteiger partial charge in [-0.1, -0.05) is 129 Å². The number of nitrogens with one attached hydrogen (secondary N) is 6.